The summed E-state index contributed by atoms with van der Waals surface area (Å²) in [6, 6.07) is 12.8. The van der Waals surface area contributed by atoms with E-state index in [4.69, 9.17) is 14.2 Å². The first-order chi connectivity index (χ1) is 15.2. The van der Waals surface area contributed by atoms with E-state index in [-0.39, 0.29) is 0 Å². The molecular weight excluding hydrogens is 390 g/mol. The predicted molar refractivity (Wildman–Crippen MR) is 127 cm³/mol. The minimum atomic E-state index is 0.517. The Balaban J connectivity index is 1.59. The molecule has 1 fully saturated rings. The average molecular weight is 424 g/mol. The Hall–Kier alpha value is -2.70. The minimum absolute atomic E-state index is 0.517. The van der Waals surface area contributed by atoms with E-state index in [0.29, 0.717) is 13.2 Å². The van der Waals surface area contributed by atoms with Gasteiger partial charge in [0.25, 0.3) is 0 Å². The Morgan fingerprint density at radius 1 is 0.903 bits per heavy atom. The van der Waals surface area contributed by atoms with Crippen LogP contribution in [0.2, 0.25) is 0 Å². The van der Waals surface area contributed by atoms with Gasteiger partial charge in [-0.2, -0.15) is 0 Å². The van der Waals surface area contributed by atoms with Crippen molar-refractivity contribution in [3.05, 3.63) is 48.0 Å². The van der Waals surface area contributed by atoms with Crippen LogP contribution in [0.15, 0.2) is 42.5 Å². The molecule has 0 aromatic heterocycles. The van der Waals surface area contributed by atoms with Crippen molar-refractivity contribution in [2.24, 2.45) is 0 Å². The Bertz CT molecular complexity index is 907. The molecule has 2 aromatic carbocycles. The molecule has 6 nitrogen and oxygen atoms in total. The first-order valence-electron chi connectivity index (χ1n) is 11.1. The average Bonchev–Trinajstić information content (AvgIpc) is 2.83. The van der Waals surface area contributed by atoms with Gasteiger partial charge in [0, 0.05) is 51.6 Å². The second-order valence-corrected chi connectivity index (χ2v) is 7.85. The lowest BCUT2D eigenvalue weighted by atomic mass is 10.0. The molecule has 0 aliphatic carbocycles. The second kappa shape index (κ2) is 10.1. The number of fused-ring (bicyclic) bond motifs is 1. The molecular formula is C25H33N3O3. The van der Waals surface area contributed by atoms with Crippen molar-refractivity contribution in [2.45, 2.75) is 6.92 Å². The predicted octanol–water partition coefficient (Wildman–Crippen LogP) is 4.03. The van der Waals surface area contributed by atoms with Crippen molar-refractivity contribution in [2.75, 3.05) is 76.5 Å². The zero-order chi connectivity index (χ0) is 21.6. The van der Waals surface area contributed by atoms with Crippen molar-refractivity contribution in [1.29, 1.82) is 0 Å². The van der Waals surface area contributed by atoms with Crippen LogP contribution in [0.1, 0.15) is 12.5 Å². The van der Waals surface area contributed by atoms with E-state index >= 15 is 0 Å². The molecule has 0 radical (unpaired) electrons. The molecule has 0 N–H and O–H groups in total. The number of anilines is 3. The topological polar surface area (TPSA) is 37.4 Å². The van der Waals surface area contributed by atoms with Gasteiger partial charge < -0.3 is 28.9 Å². The molecule has 1 saturated heterocycles. The molecule has 6 heteroatoms. The Labute approximate surface area is 185 Å². The molecule has 0 spiro atoms. The van der Waals surface area contributed by atoms with Crippen LogP contribution in [0.4, 0.5) is 17.1 Å². The fraction of sp³-hybridized carbons (Fsp3) is 0.440. The van der Waals surface area contributed by atoms with E-state index in [1.807, 2.05) is 12.1 Å². The lowest BCUT2D eigenvalue weighted by Gasteiger charge is -2.37. The summed E-state index contributed by atoms with van der Waals surface area (Å²) in [4.78, 5) is 7.32. The summed E-state index contributed by atoms with van der Waals surface area (Å²) in [5, 5.41) is 0. The van der Waals surface area contributed by atoms with Gasteiger partial charge in [0.05, 0.1) is 25.1 Å². The number of hydrogen-bond donors (Lipinski definition) is 0. The molecule has 2 heterocycles. The van der Waals surface area contributed by atoms with Crippen molar-refractivity contribution < 1.29 is 14.2 Å². The second-order valence-electron chi connectivity index (χ2n) is 7.85. The smallest absolute Gasteiger partial charge is 0.146 e. The van der Waals surface area contributed by atoms with Crippen molar-refractivity contribution in [1.82, 2.24) is 4.90 Å². The first-order valence-corrected chi connectivity index (χ1v) is 11.1. The fourth-order valence-corrected chi connectivity index (χ4v) is 4.25. The summed E-state index contributed by atoms with van der Waals surface area (Å²) in [6.07, 6.45) is 4.41. The van der Waals surface area contributed by atoms with Gasteiger partial charge in [-0.05, 0) is 36.4 Å². The number of ether oxygens (including phenoxy) is 3. The zero-order valence-corrected chi connectivity index (χ0v) is 18.8. The van der Waals surface area contributed by atoms with E-state index in [2.05, 4.69) is 58.0 Å². The van der Waals surface area contributed by atoms with Gasteiger partial charge in [0.1, 0.15) is 18.1 Å². The summed E-state index contributed by atoms with van der Waals surface area (Å²) >= 11 is 0. The molecule has 2 aromatic rings. The first kappa shape index (κ1) is 21.5. The highest BCUT2D eigenvalue weighted by molar-refractivity contribution is 5.82. The molecule has 2 aliphatic rings. The SMILES string of the molecule is CCN1CCN(c2ccc3c(c2)N(c2ccc(OCCOC)cc2OC)CC=C3)CC1. The highest BCUT2D eigenvalue weighted by Crippen LogP contribution is 2.41. The molecule has 0 saturated carbocycles. The van der Waals surface area contributed by atoms with Crippen LogP contribution in [0.25, 0.3) is 6.08 Å². The summed E-state index contributed by atoms with van der Waals surface area (Å²) in [6.45, 7) is 9.62. The van der Waals surface area contributed by atoms with Gasteiger partial charge >= 0.3 is 0 Å². The summed E-state index contributed by atoms with van der Waals surface area (Å²) in [5.74, 6) is 1.59. The number of methoxy groups -OCH3 is 2. The molecule has 2 aliphatic heterocycles. The summed E-state index contributed by atoms with van der Waals surface area (Å²) in [5.41, 5.74) is 4.77. The van der Waals surface area contributed by atoms with Gasteiger partial charge in [-0.25, -0.2) is 0 Å². The number of benzene rings is 2. The highest BCUT2D eigenvalue weighted by Gasteiger charge is 2.22. The molecule has 166 valence electrons. The lowest BCUT2D eigenvalue weighted by molar-refractivity contribution is 0.146. The van der Waals surface area contributed by atoms with Crippen molar-refractivity contribution in [3.8, 4) is 11.5 Å². The Morgan fingerprint density at radius 3 is 2.48 bits per heavy atom. The normalized spacial score (nSPS) is 16.4. The maximum atomic E-state index is 5.77. The molecule has 31 heavy (non-hydrogen) atoms. The maximum Gasteiger partial charge on any atom is 0.146 e. The van der Waals surface area contributed by atoms with Crippen LogP contribution in [0.3, 0.4) is 0 Å². The molecule has 4 rings (SSSR count). The van der Waals surface area contributed by atoms with Gasteiger partial charge in [0.2, 0.25) is 0 Å². The van der Waals surface area contributed by atoms with Crippen LogP contribution in [-0.2, 0) is 4.74 Å². The number of hydrogen-bond acceptors (Lipinski definition) is 6. The standard InChI is InChI=1S/C25H33N3O3/c1-4-26-12-14-27(15-13-26)21-8-7-20-6-5-11-28(24(20)18-21)23-10-9-22(19-25(23)30-3)31-17-16-29-2/h5-10,18-19H,4,11-17H2,1-3H3. The lowest BCUT2D eigenvalue weighted by Crippen LogP contribution is -2.46. The van der Waals surface area contributed by atoms with E-state index in [1.54, 1.807) is 14.2 Å². The van der Waals surface area contributed by atoms with Crippen molar-refractivity contribution >= 4 is 23.1 Å². The number of nitrogens with zero attached hydrogens (tertiary/aromatic N) is 3. The number of piperazine rings is 1. The van der Waals surface area contributed by atoms with E-state index in [0.717, 1.165) is 56.5 Å². The largest absolute Gasteiger partial charge is 0.494 e. The van der Waals surface area contributed by atoms with Gasteiger partial charge in [-0.15, -0.1) is 0 Å². The number of likely N-dealkylation sites (N-methyl/N-ethyl adjacent to an activating group) is 1. The quantitative estimate of drug-likeness (QED) is 0.597. The summed E-state index contributed by atoms with van der Waals surface area (Å²) < 4.78 is 16.6. The van der Waals surface area contributed by atoms with Crippen LogP contribution in [0.5, 0.6) is 11.5 Å². The fourth-order valence-electron chi connectivity index (χ4n) is 4.25. The van der Waals surface area contributed by atoms with E-state index < -0.39 is 0 Å². The minimum Gasteiger partial charge on any atom is -0.494 e. The molecule has 0 atom stereocenters. The van der Waals surface area contributed by atoms with E-state index in [9.17, 15) is 0 Å². The van der Waals surface area contributed by atoms with Crippen LogP contribution >= 0.6 is 0 Å². The third-order valence-electron chi connectivity index (χ3n) is 6.07. The van der Waals surface area contributed by atoms with Crippen LogP contribution in [0, 0.1) is 0 Å². The van der Waals surface area contributed by atoms with Gasteiger partial charge in [-0.3, -0.25) is 0 Å². The van der Waals surface area contributed by atoms with Gasteiger partial charge in [-0.1, -0.05) is 25.1 Å². The van der Waals surface area contributed by atoms with Crippen LogP contribution < -0.4 is 19.3 Å². The van der Waals surface area contributed by atoms with Crippen LogP contribution in [-0.4, -0.2) is 71.6 Å². The van der Waals surface area contributed by atoms with E-state index in [1.165, 1.54) is 16.9 Å². The third-order valence-corrected chi connectivity index (χ3v) is 6.07. The highest BCUT2D eigenvalue weighted by atomic mass is 16.5. The maximum absolute atomic E-state index is 5.77. The third kappa shape index (κ3) is 4.81. The number of rotatable bonds is 8. The monoisotopic (exact) mass is 423 g/mol. The van der Waals surface area contributed by atoms with Gasteiger partial charge in [0.15, 0.2) is 0 Å². The Morgan fingerprint density at radius 2 is 1.74 bits per heavy atom. The molecule has 0 bridgehead atoms. The molecule has 0 amide bonds. The zero-order valence-electron chi connectivity index (χ0n) is 18.8. The Kier molecular flexibility index (Phi) is 6.99. The summed E-state index contributed by atoms with van der Waals surface area (Å²) in [7, 11) is 3.38. The molecule has 0 unspecified atom stereocenters. The van der Waals surface area contributed by atoms with Crippen molar-refractivity contribution in [3.63, 3.8) is 0 Å².